The van der Waals surface area contributed by atoms with Crippen molar-refractivity contribution >= 4 is 11.6 Å². The van der Waals surface area contributed by atoms with Gasteiger partial charge in [0.2, 0.25) is 0 Å². The summed E-state index contributed by atoms with van der Waals surface area (Å²) in [5, 5.41) is 15.5. The van der Waals surface area contributed by atoms with Crippen molar-refractivity contribution in [1.29, 1.82) is 5.26 Å². The van der Waals surface area contributed by atoms with Crippen LogP contribution in [0.4, 0.5) is 5.69 Å². The summed E-state index contributed by atoms with van der Waals surface area (Å²) in [5.41, 5.74) is 4.09. The predicted octanol–water partition coefficient (Wildman–Crippen LogP) is 4.53. The number of benzene rings is 2. The minimum absolute atomic E-state index is 0.00952. The molecule has 0 radical (unpaired) electrons. The van der Waals surface area contributed by atoms with E-state index in [1.54, 1.807) is 20.3 Å². The lowest BCUT2D eigenvalue weighted by molar-refractivity contribution is -0.117. The zero-order valence-corrected chi connectivity index (χ0v) is 18.2. The zero-order chi connectivity index (χ0) is 22.1. The Kier molecular flexibility index (Phi) is 8.30. The number of nitriles is 1. The molecule has 2 rings (SSSR count). The Labute approximate surface area is 178 Å². The van der Waals surface area contributed by atoms with Crippen molar-refractivity contribution in [2.45, 2.75) is 39.7 Å². The van der Waals surface area contributed by atoms with Crippen LogP contribution in [0.1, 0.15) is 43.5 Å². The number of carbonyl (C=O) groups excluding carboxylic acids is 1. The molecule has 0 bridgehead atoms. The highest BCUT2D eigenvalue weighted by molar-refractivity contribution is 5.97. The van der Waals surface area contributed by atoms with Gasteiger partial charge in [0, 0.05) is 11.9 Å². The number of nitrogens with one attached hydrogen (secondary N) is 2. The maximum absolute atomic E-state index is 12.7. The summed E-state index contributed by atoms with van der Waals surface area (Å²) in [6, 6.07) is 13.2. The normalized spacial score (nSPS) is 11.9. The van der Waals surface area contributed by atoms with Crippen molar-refractivity contribution < 1.29 is 14.3 Å². The number of methoxy groups -OCH3 is 2. The molecule has 0 aliphatic rings. The quantitative estimate of drug-likeness (QED) is 0.471. The van der Waals surface area contributed by atoms with E-state index in [1.807, 2.05) is 43.3 Å². The van der Waals surface area contributed by atoms with E-state index in [4.69, 9.17) is 9.47 Å². The van der Waals surface area contributed by atoms with Crippen LogP contribution in [0.3, 0.4) is 0 Å². The number of hydrogen-bond acceptors (Lipinski definition) is 5. The van der Waals surface area contributed by atoms with Crippen molar-refractivity contribution in [1.82, 2.24) is 5.32 Å². The average Bonchev–Trinajstić information content (AvgIpc) is 2.78. The third-order valence-corrected chi connectivity index (χ3v) is 4.98. The molecule has 2 N–H and O–H groups in total. The summed E-state index contributed by atoms with van der Waals surface area (Å²) in [7, 11) is 3.13. The molecule has 0 saturated carbocycles. The monoisotopic (exact) mass is 407 g/mol. The largest absolute Gasteiger partial charge is 0.493 e. The van der Waals surface area contributed by atoms with Gasteiger partial charge in [0.25, 0.3) is 5.91 Å². The van der Waals surface area contributed by atoms with Crippen molar-refractivity contribution in [3.63, 3.8) is 0 Å². The molecule has 6 heteroatoms. The van der Waals surface area contributed by atoms with Crippen LogP contribution < -0.4 is 20.1 Å². The van der Waals surface area contributed by atoms with Gasteiger partial charge < -0.3 is 20.1 Å². The van der Waals surface area contributed by atoms with Gasteiger partial charge in [-0.15, -0.1) is 0 Å². The Morgan fingerprint density at radius 2 is 1.73 bits per heavy atom. The van der Waals surface area contributed by atoms with Crippen LogP contribution in [0.2, 0.25) is 0 Å². The third kappa shape index (κ3) is 5.32. The van der Waals surface area contributed by atoms with Crippen LogP contribution in [-0.2, 0) is 17.6 Å². The molecule has 0 fully saturated rings. The minimum Gasteiger partial charge on any atom is -0.493 e. The Morgan fingerprint density at radius 3 is 2.27 bits per heavy atom. The first-order valence-electron chi connectivity index (χ1n) is 9.99. The molecule has 2 aromatic rings. The second-order valence-electron chi connectivity index (χ2n) is 6.78. The molecule has 2 aromatic carbocycles. The maximum Gasteiger partial charge on any atom is 0.263 e. The fourth-order valence-electron chi connectivity index (χ4n) is 3.20. The Balaban J connectivity index is 2.18. The summed E-state index contributed by atoms with van der Waals surface area (Å²) in [6.07, 6.45) is 3.19. The molecule has 6 nitrogen and oxygen atoms in total. The van der Waals surface area contributed by atoms with Gasteiger partial charge in [0.15, 0.2) is 11.5 Å². The standard InChI is InChI=1S/C24H29N3O3/c1-6-17-9-8-10-18(7-2)23(17)26-15-20(14-25)24(28)27-16(3)19-11-12-21(29-4)22(13-19)30-5/h8-13,15-16,26H,6-7H2,1-5H3,(H,27,28)/b20-15-. The number of rotatable bonds is 9. The Hall–Kier alpha value is -3.46. The second-order valence-corrected chi connectivity index (χ2v) is 6.78. The van der Waals surface area contributed by atoms with E-state index < -0.39 is 5.91 Å². The van der Waals surface area contributed by atoms with Crippen LogP contribution in [-0.4, -0.2) is 20.1 Å². The molecule has 1 amide bonds. The van der Waals surface area contributed by atoms with Gasteiger partial charge in [0.05, 0.1) is 20.3 Å². The van der Waals surface area contributed by atoms with Gasteiger partial charge >= 0.3 is 0 Å². The Morgan fingerprint density at radius 1 is 1.10 bits per heavy atom. The van der Waals surface area contributed by atoms with Gasteiger partial charge in [-0.3, -0.25) is 4.79 Å². The second kappa shape index (κ2) is 10.9. The predicted molar refractivity (Wildman–Crippen MR) is 119 cm³/mol. The van der Waals surface area contributed by atoms with Crippen molar-refractivity contribution in [3.05, 3.63) is 64.9 Å². The van der Waals surface area contributed by atoms with Crippen LogP contribution in [0, 0.1) is 11.3 Å². The number of hydrogen-bond donors (Lipinski definition) is 2. The van der Waals surface area contributed by atoms with Crippen molar-refractivity contribution in [3.8, 4) is 17.6 Å². The van der Waals surface area contributed by atoms with Gasteiger partial charge in [-0.2, -0.15) is 5.26 Å². The van der Waals surface area contributed by atoms with E-state index in [9.17, 15) is 10.1 Å². The van der Waals surface area contributed by atoms with Crippen LogP contribution >= 0.6 is 0 Å². The third-order valence-electron chi connectivity index (χ3n) is 4.98. The highest BCUT2D eigenvalue weighted by Crippen LogP contribution is 2.30. The fraction of sp³-hybridized carbons (Fsp3) is 0.333. The smallest absolute Gasteiger partial charge is 0.263 e. The van der Waals surface area contributed by atoms with Crippen molar-refractivity contribution in [2.24, 2.45) is 0 Å². The van der Waals surface area contributed by atoms with Crippen molar-refractivity contribution in [2.75, 3.05) is 19.5 Å². The molecule has 0 aliphatic carbocycles. The first-order chi connectivity index (χ1) is 14.5. The molecule has 0 aliphatic heterocycles. The van der Waals surface area contributed by atoms with Crippen LogP contribution in [0.5, 0.6) is 11.5 Å². The molecule has 158 valence electrons. The van der Waals surface area contributed by atoms with Crippen LogP contribution in [0.15, 0.2) is 48.2 Å². The van der Waals surface area contributed by atoms with Gasteiger partial charge in [-0.05, 0) is 48.6 Å². The molecule has 0 spiro atoms. The first-order valence-corrected chi connectivity index (χ1v) is 9.99. The summed E-state index contributed by atoms with van der Waals surface area (Å²) < 4.78 is 10.6. The van der Waals surface area contributed by atoms with E-state index in [0.717, 1.165) is 35.2 Å². The zero-order valence-electron chi connectivity index (χ0n) is 18.2. The number of nitrogens with zero attached hydrogens (tertiary/aromatic N) is 1. The van der Waals surface area contributed by atoms with Gasteiger partial charge in [0.1, 0.15) is 11.6 Å². The summed E-state index contributed by atoms with van der Waals surface area (Å²) in [4.78, 5) is 12.7. The number of aryl methyl sites for hydroxylation is 2. The van der Waals surface area contributed by atoms with E-state index in [2.05, 4.69) is 24.5 Å². The lowest BCUT2D eigenvalue weighted by Gasteiger charge is -2.17. The van der Waals surface area contributed by atoms with Gasteiger partial charge in [-0.25, -0.2) is 0 Å². The molecule has 1 atom stereocenters. The average molecular weight is 408 g/mol. The number of anilines is 1. The summed E-state index contributed by atoms with van der Waals surface area (Å²) in [5.74, 6) is 0.749. The minimum atomic E-state index is -0.445. The number of carbonyl (C=O) groups is 1. The lowest BCUT2D eigenvalue weighted by atomic mass is 10.0. The maximum atomic E-state index is 12.7. The summed E-state index contributed by atoms with van der Waals surface area (Å²) >= 11 is 0. The fourth-order valence-corrected chi connectivity index (χ4v) is 3.20. The molecule has 1 unspecified atom stereocenters. The highest BCUT2D eigenvalue weighted by Gasteiger charge is 2.16. The highest BCUT2D eigenvalue weighted by atomic mass is 16.5. The van der Waals surface area contributed by atoms with E-state index in [0.29, 0.717) is 11.5 Å². The number of para-hydroxylation sites is 1. The lowest BCUT2D eigenvalue weighted by Crippen LogP contribution is -2.28. The Bertz CT molecular complexity index is 938. The molecular weight excluding hydrogens is 378 g/mol. The SMILES string of the molecule is CCc1cccc(CC)c1N/C=C(/C#N)C(=O)NC(C)c1ccc(OC)c(OC)c1. The molecule has 30 heavy (non-hydrogen) atoms. The molecular formula is C24H29N3O3. The van der Waals surface area contributed by atoms with E-state index in [-0.39, 0.29) is 11.6 Å². The molecule has 0 heterocycles. The molecule has 0 saturated heterocycles. The summed E-state index contributed by atoms with van der Waals surface area (Å²) in [6.45, 7) is 6.00. The van der Waals surface area contributed by atoms with Gasteiger partial charge in [-0.1, -0.05) is 38.1 Å². The van der Waals surface area contributed by atoms with E-state index >= 15 is 0 Å². The van der Waals surface area contributed by atoms with Crippen LogP contribution in [0.25, 0.3) is 0 Å². The molecule has 0 aromatic heterocycles. The number of ether oxygens (including phenoxy) is 2. The van der Waals surface area contributed by atoms with E-state index in [1.165, 1.54) is 6.20 Å². The topological polar surface area (TPSA) is 83.4 Å². The first kappa shape index (κ1) is 22.8. The number of amides is 1.